The molecule has 0 atom stereocenters. The summed E-state index contributed by atoms with van der Waals surface area (Å²) in [4.78, 5) is 26.6. The molecule has 0 radical (unpaired) electrons. The van der Waals surface area contributed by atoms with Crippen LogP contribution in [0.3, 0.4) is 0 Å². The Balaban J connectivity index is 1.37. The smallest absolute Gasteiger partial charge is 0.291 e. The first-order valence-electron chi connectivity index (χ1n) is 10.0. The molecule has 2 aromatic heterocycles. The summed E-state index contributed by atoms with van der Waals surface area (Å²) in [5.41, 5.74) is 2.00. The Morgan fingerprint density at radius 3 is 2.30 bits per heavy atom. The maximum absolute atomic E-state index is 12.7. The summed E-state index contributed by atoms with van der Waals surface area (Å²) >= 11 is 5.79. The Morgan fingerprint density at radius 1 is 1.00 bits per heavy atom. The first-order valence-corrected chi connectivity index (χ1v) is 11.9. The number of pyridine rings is 1. The largest absolute Gasteiger partial charge is 0.507 e. The zero-order valence-corrected chi connectivity index (χ0v) is 18.9. The van der Waals surface area contributed by atoms with Crippen molar-refractivity contribution in [1.82, 2.24) is 24.2 Å². The molecule has 0 aliphatic carbocycles. The second kappa shape index (κ2) is 9.65. The van der Waals surface area contributed by atoms with Crippen LogP contribution in [-0.4, -0.2) is 69.8 Å². The molecule has 9 nitrogen and oxygen atoms in total. The second-order valence-electron chi connectivity index (χ2n) is 7.27. The lowest BCUT2D eigenvalue weighted by Gasteiger charge is -2.32. The average Bonchev–Trinajstić information content (AvgIpc) is 2.84. The molecule has 1 fully saturated rings. The minimum atomic E-state index is -3.72. The third kappa shape index (κ3) is 5.36. The predicted molar refractivity (Wildman–Crippen MR) is 124 cm³/mol. The standard InChI is InChI=1S/C22H20ClN5O4S/c23-19-2-1-17(20(29)13-19)5-12-33(31,32)28-10-8-27(9-11-28)22(30)21-25-14-18(15-26-21)16-3-6-24-7-4-16/h1-7,12-15,29H,8-11H2. The first-order chi connectivity index (χ1) is 15.8. The summed E-state index contributed by atoms with van der Waals surface area (Å²) in [7, 11) is -3.72. The molecular formula is C22H20ClN5O4S. The lowest BCUT2D eigenvalue weighted by Crippen LogP contribution is -2.50. The highest BCUT2D eigenvalue weighted by Gasteiger charge is 2.28. The fraction of sp³-hybridized carbons (Fsp3) is 0.182. The molecule has 1 aliphatic rings. The van der Waals surface area contributed by atoms with Crippen LogP contribution in [0.5, 0.6) is 5.75 Å². The maximum Gasteiger partial charge on any atom is 0.291 e. The normalized spacial score (nSPS) is 15.1. The Bertz CT molecular complexity index is 1280. The molecule has 0 spiro atoms. The third-order valence-electron chi connectivity index (χ3n) is 5.15. The van der Waals surface area contributed by atoms with Crippen LogP contribution in [0, 0.1) is 0 Å². The van der Waals surface area contributed by atoms with Gasteiger partial charge in [0, 0.05) is 72.5 Å². The van der Waals surface area contributed by atoms with E-state index in [4.69, 9.17) is 11.6 Å². The van der Waals surface area contributed by atoms with E-state index in [0.717, 1.165) is 16.5 Å². The molecule has 4 rings (SSSR count). The van der Waals surface area contributed by atoms with Crippen LogP contribution in [0.2, 0.25) is 5.02 Å². The Labute approximate surface area is 196 Å². The van der Waals surface area contributed by atoms with Gasteiger partial charge < -0.3 is 10.0 Å². The number of nitrogens with zero attached hydrogens (tertiary/aromatic N) is 5. The Kier molecular flexibility index (Phi) is 6.68. The van der Waals surface area contributed by atoms with Gasteiger partial charge in [-0.1, -0.05) is 11.6 Å². The van der Waals surface area contributed by atoms with E-state index in [1.165, 1.54) is 27.4 Å². The van der Waals surface area contributed by atoms with Crippen molar-refractivity contribution in [3.05, 3.63) is 76.9 Å². The van der Waals surface area contributed by atoms with Crippen LogP contribution in [0.4, 0.5) is 0 Å². The molecule has 3 heterocycles. The number of halogens is 1. The van der Waals surface area contributed by atoms with E-state index in [9.17, 15) is 18.3 Å². The zero-order valence-electron chi connectivity index (χ0n) is 17.4. The van der Waals surface area contributed by atoms with Gasteiger partial charge in [-0.2, -0.15) is 4.31 Å². The Morgan fingerprint density at radius 2 is 1.67 bits per heavy atom. The number of carbonyl (C=O) groups excluding carboxylic acids is 1. The van der Waals surface area contributed by atoms with Crippen LogP contribution < -0.4 is 0 Å². The molecule has 0 bridgehead atoms. The molecule has 0 unspecified atom stereocenters. The summed E-state index contributed by atoms with van der Waals surface area (Å²) in [6.45, 7) is 0.710. The van der Waals surface area contributed by atoms with Crippen molar-refractivity contribution in [2.45, 2.75) is 0 Å². The number of benzene rings is 1. The predicted octanol–water partition coefficient (Wildman–Crippen LogP) is 2.66. The van der Waals surface area contributed by atoms with Crippen LogP contribution in [0.1, 0.15) is 16.2 Å². The number of amides is 1. The summed E-state index contributed by atoms with van der Waals surface area (Å²) in [6.07, 6.45) is 7.79. The first kappa shape index (κ1) is 22.8. The maximum atomic E-state index is 12.7. The van der Waals surface area contributed by atoms with Gasteiger partial charge in [-0.25, -0.2) is 18.4 Å². The number of piperazine rings is 1. The monoisotopic (exact) mass is 485 g/mol. The number of aromatic nitrogens is 3. The van der Waals surface area contributed by atoms with Gasteiger partial charge in [-0.05, 0) is 42.0 Å². The van der Waals surface area contributed by atoms with Crippen molar-refractivity contribution in [3.8, 4) is 16.9 Å². The van der Waals surface area contributed by atoms with Crippen molar-refractivity contribution >= 4 is 33.6 Å². The molecule has 1 aliphatic heterocycles. The van der Waals surface area contributed by atoms with E-state index in [0.29, 0.717) is 10.6 Å². The molecule has 3 aromatic rings. The topological polar surface area (TPSA) is 117 Å². The van der Waals surface area contributed by atoms with Gasteiger partial charge in [0.1, 0.15) is 5.75 Å². The average molecular weight is 486 g/mol. The van der Waals surface area contributed by atoms with Crippen molar-refractivity contribution in [2.24, 2.45) is 0 Å². The van der Waals surface area contributed by atoms with Crippen molar-refractivity contribution < 1.29 is 18.3 Å². The summed E-state index contributed by atoms with van der Waals surface area (Å²) in [5.74, 6) is -0.406. The molecule has 33 heavy (non-hydrogen) atoms. The molecule has 1 N–H and O–H groups in total. The van der Waals surface area contributed by atoms with Gasteiger partial charge in [-0.15, -0.1) is 0 Å². The van der Waals surface area contributed by atoms with Crippen LogP contribution in [-0.2, 0) is 10.0 Å². The zero-order chi connectivity index (χ0) is 23.4. The van der Waals surface area contributed by atoms with E-state index in [1.54, 1.807) is 30.9 Å². The molecule has 0 saturated carbocycles. The quantitative estimate of drug-likeness (QED) is 0.590. The molecule has 1 amide bonds. The number of hydrogen-bond acceptors (Lipinski definition) is 7. The minimum Gasteiger partial charge on any atom is -0.507 e. The van der Waals surface area contributed by atoms with Gasteiger partial charge in [0.25, 0.3) is 5.91 Å². The molecule has 1 aromatic carbocycles. The number of rotatable bonds is 5. The SMILES string of the molecule is O=C(c1ncc(-c2ccncc2)cn1)N1CCN(S(=O)(=O)C=Cc2ccc(Cl)cc2O)CC1. The number of phenols is 1. The Hall–Kier alpha value is -3.34. The number of phenolic OH excluding ortho intramolecular Hbond substituents is 1. The van der Waals surface area contributed by atoms with Gasteiger partial charge in [0.15, 0.2) is 0 Å². The molecular weight excluding hydrogens is 466 g/mol. The fourth-order valence-electron chi connectivity index (χ4n) is 3.32. The van der Waals surface area contributed by atoms with Crippen LogP contribution in [0.25, 0.3) is 17.2 Å². The van der Waals surface area contributed by atoms with E-state index < -0.39 is 10.0 Å². The van der Waals surface area contributed by atoms with E-state index >= 15 is 0 Å². The van der Waals surface area contributed by atoms with Gasteiger partial charge in [0.2, 0.25) is 15.8 Å². The van der Waals surface area contributed by atoms with Gasteiger partial charge in [0.05, 0.1) is 0 Å². The fourth-order valence-corrected chi connectivity index (χ4v) is 4.65. The second-order valence-corrected chi connectivity index (χ2v) is 9.53. The molecule has 11 heteroatoms. The molecule has 1 saturated heterocycles. The summed E-state index contributed by atoms with van der Waals surface area (Å²) < 4.78 is 26.6. The third-order valence-corrected chi connectivity index (χ3v) is 6.95. The van der Waals surface area contributed by atoms with E-state index in [1.807, 2.05) is 12.1 Å². The number of carbonyl (C=O) groups is 1. The number of hydrogen-bond donors (Lipinski definition) is 1. The van der Waals surface area contributed by atoms with Crippen LogP contribution >= 0.6 is 11.6 Å². The lowest BCUT2D eigenvalue weighted by molar-refractivity contribution is 0.0686. The van der Waals surface area contributed by atoms with Crippen LogP contribution in [0.15, 0.2) is 60.5 Å². The minimum absolute atomic E-state index is 0.0576. The molecule has 170 valence electrons. The van der Waals surface area contributed by atoms with Gasteiger partial charge >= 0.3 is 0 Å². The lowest BCUT2D eigenvalue weighted by atomic mass is 10.1. The van der Waals surface area contributed by atoms with E-state index in [2.05, 4.69) is 15.0 Å². The van der Waals surface area contributed by atoms with Crippen molar-refractivity contribution in [1.29, 1.82) is 0 Å². The van der Waals surface area contributed by atoms with Crippen molar-refractivity contribution in [3.63, 3.8) is 0 Å². The van der Waals surface area contributed by atoms with Crippen molar-refractivity contribution in [2.75, 3.05) is 26.2 Å². The summed E-state index contributed by atoms with van der Waals surface area (Å²) in [6, 6.07) is 8.07. The van der Waals surface area contributed by atoms with Gasteiger partial charge in [-0.3, -0.25) is 9.78 Å². The number of sulfonamides is 1. The highest BCUT2D eigenvalue weighted by Crippen LogP contribution is 2.24. The summed E-state index contributed by atoms with van der Waals surface area (Å²) in [5, 5.41) is 11.3. The highest BCUT2D eigenvalue weighted by atomic mass is 35.5. The highest BCUT2D eigenvalue weighted by molar-refractivity contribution is 7.92. The number of aromatic hydroxyl groups is 1. The van der Waals surface area contributed by atoms with E-state index in [-0.39, 0.29) is 43.7 Å².